The monoisotopic (exact) mass is 284 g/mol. The van der Waals surface area contributed by atoms with Crippen molar-refractivity contribution in [1.29, 1.82) is 0 Å². The number of nitrogens with zero attached hydrogens (tertiary/aromatic N) is 1. The van der Waals surface area contributed by atoms with Gasteiger partial charge < -0.3 is 10.2 Å². The van der Waals surface area contributed by atoms with E-state index < -0.39 is 0 Å². The first-order valence-corrected chi connectivity index (χ1v) is 5.59. The second kappa shape index (κ2) is 4.76. The highest BCUT2D eigenvalue weighted by atomic mass is 79.9. The molecule has 5 heteroatoms. The highest BCUT2D eigenvalue weighted by Gasteiger charge is 2.07. The molecule has 3 nitrogen and oxygen atoms in total. The van der Waals surface area contributed by atoms with Gasteiger partial charge in [0.2, 0.25) is 0 Å². The fourth-order valence-electron chi connectivity index (χ4n) is 1.38. The van der Waals surface area contributed by atoms with Crippen molar-refractivity contribution in [3.05, 3.63) is 40.6 Å². The van der Waals surface area contributed by atoms with Crippen LogP contribution in [0.4, 0.5) is 4.39 Å². The van der Waals surface area contributed by atoms with Crippen LogP contribution < -0.4 is 5.73 Å². The van der Waals surface area contributed by atoms with E-state index in [0.717, 1.165) is 0 Å². The number of rotatable bonds is 3. The first kappa shape index (κ1) is 11.3. The SMILES string of the molecule is NCCc1ncc(-c2cc(F)cc(Br)c2)o1. The average Bonchev–Trinajstić information content (AvgIpc) is 2.65. The molecule has 2 N–H and O–H groups in total. The lowest BCUT2D eigenvalue weighted by molar-refractivity contribution is 0.507. The normalized spacial score (nSPS) is 10.7. The van der Waals surface area contributed by atoms with Gasteiger partial charge in [-0.05, 0) is 18.2 Å². The first-order chi connectivity index (χ1) is 7.69. The third kappa shape index (κ3) is 2.48. The summed E-state index contributed by atoms with van der Waals surface area (Å²) in [4.78, 5) is 4.06. The summed E-state index contributed by atoms with van der Waals surface area (Å²) in [5.41, 5.74) is 6.04. The Labute approximate surface area is 101 Å². The molecular formula is C11H10BrFN2O. The van der Waals surface area contributed by atoms with Crippen molar-refractivity contribution >= 4 is 15.9 Å². The molecule has 0 amide bonds. The lowest BCUT2D eigenvalue weighted by Gasteiger charge is -1.98. The Kier molecular flexibility index (Phi) is 3.36. The first-order valence-electron chi connectivity index (χ1n) is 4.80. The Morgan fingerprint density at radius 1 is 1.38 bits per heavy atom. The van der Waals surface area contributed by atoms with Crippen LogP contribution in [-0.2, 0) is 6.42 Å². The van der Waals surface area contributed by atoms with E-state index in [-0.39, 0.29) is 5.82 Å². The average molecular weight is 285 g/mol. The molecule has 0 unspecified atom stereocenters. The molecule has 1 heterocycles. The summed E-state index contributed by atoms with van der Waals surface area (Å²) < 4.78 is 19.3. The molecule has 1 aromatic carbocycles. The highest BCUT2D eigenvalue weighted by Crippen LogP contribution is 2.25. The Balaban J connectivity index is 2.34. The Morgan fingerprint density at radius 2 is 2.19 bits per heavy atom. The van der Waals surface area contributed by atoms with Crippen molar-refractivity contribution in [3.8, 4) is 11.3 Å². The fourth-order valence-corrected chi connectivity index (χ4v) is 1.84. The summed E-state index contributed by atoms with van der Waals surface area (Å²) in [6, 6.07) is 4.56. The summed E-state index contributed by atoms with van der Waals surface area (Å²) in [5.74, 6) is 0.794. The van der Waals surface area contributed by atoms with Crippen molar-refractivity contribution in [2.75, 3.05) is 6.54 Å². The molecule has 0 atom stereocenters. The minimum atomic E-state index is -0.318. The summed E-state index contributed by atoms with van der Waals surface area (Å²) in [6.07, 6.45) is 2.16. The number of benzene rings is 1. The Morgan fingerprint density at radius 3 is 2.88 bits per heavy atom. The second-order valence-corrected chi connectivity index (χ2v) is 4.23. The van der Waals surface area contributed by atoms with Crippen molar-refractivity contribution in [2.45, 2.75) is 6.42 Å². The Bertz CT molecular complexity index is 478. The number of aromatic nitrogens is 1. The molecular weight excluding hydrogens is 275 g/mol. The zero-order valence-corrected chi connectivity index (χ0v) is 10.00. The molecule has 0 saturated heterocycles. The van der Waals surface area contributed by atoms with Crippen LogP contribution >= 0.6 is 15.9 Å². The molecule has 0 aliphatic heterocycles. The minimum Gasteiger partial charge on any atom is -0.441 e. The zero-order chi connectivity index (χ0) is 11.5. The van der Waals surface area contributed by atoms with Gasteiger partial charge in [-0.1, -0.05) is 15.9 Å². The van der Waals surface area contributed by atoms with E-state index in [9.17, 15) is 4.39 Å². The van der Waals surface area contributed by atoms with Gasteiger partial charge in [0, 0.05) is 23.0 Å². The zero-order valence-electron chi connectivity index (χ0n) is 8.41. The number of nitrogens with two attached hydrogens (primary N) is 1. The molecule has 0 saturated carbocycles. The van der Waals surface area contributed by atoms with Crippen molar-refractivity contribution in [2.24, 2.45) is 5.73 Å². The van der Waals surface area contributed by atoms with Crippen LogP contribution in [-0.4, -0.2) is 11.5 Å². The van der Waals surface area contributed by atoms with E-state index in [2.05, 4.69) is 20.9 Å². The van der Waals surface area contributed by atoms with Crippen LogP contribution in [0, 0.1) is 5.82 Å². The number of hydrogen-bond acceptors (Lipinski definition) is 3. The van der Waals surface area contributed by atoms with E-state index >= 15 is 0 Å². The van der Waals surface area contributed by atoms with Crippen LogP contribution in [0.2, 0.25) is 0 Å². The molecule has 2 rings (SSSR count). The van der Waals surface area contributed by atoms with E-state index in [0.29, 0.717) is 34.7 Å². The fraction of sp³-hybridized carbons (Fsp3) is 0.182. The molecule has 2 aromatic rings. The van der Waals surface area contributed by atoms with Crippen molar-refractivity contribution in [1.82, 2.24) is 4.98 Å². The van der Waals surface area contributed by atoms with Gasteiger partial charge in [-0.25, -0.2) is 9.37 Å². The molecule has 0 bridgehead atoms. The van der Waals surface area contributed by atoms with Crippen LogP contribution in [0.25, 0.3) is 11.3 Å². The molecule has 0 aliphatic rings. The quantitative estimate of drug-likeness (QED) is 0.943. The van der Waals surface area contributed by atoms with Crippen molar-refractivity contribution in [3.63, 3.8) is 0 Å². The van der Waals surface area contributed by atoms with Gasteiger partial charge in [0.05, 0.1) is 6.20 Å². The molecule has 1 aromatic heterocycles. The van der Waals surface area contributed by atoms with Gasteiger partial charge >= 0.3 is 0 Å². The van der Waals surface area contributed by atoms with Crippen LogP contribution in [0.3, 0.4) is 0 Å². The predicted octanol–water partition coefficient (Wildman–Crippen LogP) is 2.74. The smallest absolute Gasteiger partial charge is 0.196 e. The predicted molar refractivity (Wildman–Crippen MR) is 62.4 cm³/mol. The van der Waals surface area contributed by atoms with Crippen LogP contribution in [0.1, 0.15) is 5.89 Å². The third-order valence-corrected chi connectivity index (χ3v) is 2.52. The number of halogens is 2. The molecule has 0 fully saturated rings. The van der Waals surface area contributed by atoms with Crippen molar-refractivity contribution < 1.29 is 8.81 Å². The van der Waals surface area contributed by atoms with Gasteiger partial charge in [0.1, 0.15) is 5.82 Å². The molecule has 16 heavy (non-hydrogen) atoms. The molecule has 0 radical (unpaired) electrons. The van der Waals surface area contributed by atoms with E-state index in [1.807, 2.05) is 0 Å². The minimum absolute atomic E-state index is 0.318. The van der Waals surface area contributed by atoms with Gasteiger partial charge in [0.15, 0.2) is 11.7 Å². The lowest BCUT2D eigenvalue weighted by atomic mass is 10.2. The van der Waals surface area contributed by atoms with Gasteiger partial charge in [-0.15, -0.1) is 0 Å². The van der Waals surface area contributed by atoms with Gasteiger partial charge in [-0.3, -0.25) is 0 Å². The van der Waals surface area contributed by atoms with E-state index in [1.165, 1.54) is 12.1 Å². The third-order valence-electron chi connectivity index (χ3n) is 2.06. The second-order valence-electron chi connectivity index (χ2n) is 3.32. The van der Waals surface area contributed by atoms with Gasteiger partial charge in [-0.2, -0.15) is 0 Å². The molecule has 84 valence electrons. The topological polar surface area (TPSA) is 52.0 Å². The Hall–Kier alpha value is -1.20. The lowest BCUT2D eigenvalue weighted by Crippen LogP contribution is -2.02. The van der Waals surface area contributed by atoms with Gasteiger partial charge in [0.25, 0.3) is 0 Å². The van der Waals surface area contributed by atoms with E-state index in [4.69, 9.17) is 10.2 Å². The molecule has 0 spiro atoms. The maximum Gasteiger partial charge on any atom is 0.196 e. The van der Waals surface area contributed by atoms with Crippen LogP contribution in [0.15, 0.2) is 33.3 Å². The summed E-state index contributed by atoms with van der Waals surface area (Å²) in [7, 11) is 0. The maximum absolute atomic E-state index is 13.2. The van der Waals surface area contributed by atoms with Crippen LogP contribution in [0.5, 0.6) is 0 Å². The summed E-state index contributed by atoms with van der Waals surface area (Å²) >= 11 is 3.23. The maximum atomic E-state index is 13.2. The summed E-state index contributed by atoms with van der Waals surface area (Å²) in [6.45, 7) is 0.479. The molecule has 0 aliphatic carbocycles. The number of oxazole rings is 1. The standard InChI is InChI=1S/C11H10BrFN2O/c12-8-3-7(4-9(13)5-8)10-6-15-11(16-10)1-2-14/h3-6H,1-2,14H2. The largest absolute Gasteiger partial charge is 0.441 e. The summed E-state index contributed by atoms with van der Waals surface area (Å²) in [5, 5.41) is 0. The number of hydrogen-bond donors (Lipinski definition) is 1. The highest BCUT2D eigenvalue weighted by molar-refractivity contribution is 9.10. The van der Waals surface area contributed by atoms with E-state index in [1.54, 1.807) is 12.3 Å².